The molecule has 0 aliphatic heterocycles. The van der Waals surface area contributed by atoms with Gasteiger partial charge in [0.25, 0.3) is 11.8 Å². The van der Waals surface area contributed by atoms with Crippen molar-refractivity contribution in [3.63, 3.8) is 0 Å². The quantitative estimate of drug-likeness (QED) is 0.300. The van der Waals surface area contributed by atoms with Crippen molar-refractivity contribution in [2.45, 2.75) is 30.4 Å². The molecule has 0 aliphatic rings. The molecule has 10 heteroatoms. The minimum Gasteiger partial charge on any atom is -0.480 e. The summed E-state index contributed by atoms with van der Waals surface area (Å²) in [6, 6.07) is 18.0. The first kappa shape index (κ1) is 28.0. The topological polar surface area (TPSA) is 139 Å². The summed E-state index contributed by atoms with van der Waals surface area (Å²) in [6.45, 7) is 3.35. The van der Waals surface area contributed by atoms with E-state index in [1.807, 2.05) is 0 Å². The van der Waals surface area contributed by atoms with E-state index in [1.165, 1.54) is 36.9 Å². The molecule has 2 heterocycles. The van der Waals surface area contributed by atoms with Crippen molar-refractivity contribution < 1.29 is 28.1 Å². The highest BCUT2D eigenvalue weighted by Crippen LogP contribution is 2.23. The Morgan fingerprint density at radius 3 is 2.45 bits per heavy atom. The second kappa shape index (κ2) is 12.2. The zero-order chi connectivity index (χ0) is 28.7. The molecule has 0 fully saturated rings. The first-order valence-electron chi connectivity index (χ1n) is 12.2. The third-order valence-corrected chi connectivity index (χ3v) is 8.55. The number of carbonyl (C=O) groups excluding carboxylic acids is 2. The maximum Gasteiger partial charge on any atom is 0.320 e. The molecule has 9 nitrogen and oxygen atoms in total. The molecule has 2 atom stereocenters. The van der Waals surface area contributed by atoms with Gasteiger partial charge in [0.1, 0.15) is 5.25 Å². The molecule has 0 spiro atoms. The van der Waals surface area contributed by atoms with Gasteiger partial charge < -0.3 is 14.8 Å². The number of pyridine rings is 1. The average molecular weight is 556 g/mol. The number of aliphatic carboxylic acids is 1. The molecule has 4 aromatic rings. The molecule has 0 aliphatic carbocycles. The SMILES string of the molecule is CCC(C(=O)O)S(=O)(=NC(=O)c1cncc(C#Cc2cccc(NC(=O)c3occc3C)c2)c1)c1ccccc1. The van der Waals surface area contributed by atoms with Gasteiger partial charge in [0.15, 0.2) is 5.76 Å². The van der Waals surface area contributed by atoms with Crippen LogP contribution in [0.15, 0.2) is 99.1 Å². The molecule has 2 unspecified atom stereocenters. The summed E-state index contributed by atoms with van der Waals surface area (Å²) in [4.78, 5) is 41.6. The minimum atomic E-state index is -3.64. The van der Waals surface area contributed by atoms with Gasteiger partial charge in [-0.15, -0.1) is 0 Å². The number of anilines is 1. The van der Waals surface area contributed by atoms with Crippen LogP contribution in [-0.2, 0) is 14.5 Å². The lowest BCUT2D eigenvalue weighted by atomic mass is 10.1. The molecule has 4 rings (SSSR count). The van der Waals surface area contributed by atoms with Crippen LogP contribution in [0.5, 0.6) is 0 Å². The van der Waals surface area contributed by atoms with Crippen LogP contribution in [0.1, 0.15) is 50.9 Å². The Hall–Kier alpha value is -5.01. The monoisotopic (exact) mass is 555 g/mol. The van der Waals surface area contributed by atoms with E-state index in [1.54, 1.807) is 62.4 Å². The molecule has 2 aromatic heterocycles. The Morgan fingerprint density at radius 2 is 1.77 bits per heavy atom. The molecule has 0 saturated carbocycles. The number of carboxylic acid groups (broad SMARTS) is 1. The number of aromatic nitrogens is 1. The van der Waals surface area contributed by atoms with Crippen LogP contribution in [-0.4, -0.2) is 37.3 Å². The number of aryl methyl sites for hydroxylation is 1. The van der Waals surface area contributed by atoms with E-state index in [0.29, 0.717) is 16.8 Å². The van der Waals surface area contributed by atoms with Gasteiger partial charge >= 0.3 is 5.97 Å². The molecule has 40 heavy (non-hydrogen) atoms. The van der Waals surface area contributed by atoms with Crippen LogP contribution in [0, 0.1) is 18.8 Å². The largest absolute Gasteiger partial charge is 0.480 e. The van der Waals surface area contributed by atoms with Gasteiger partial charge in [-0.3, -0.25) is 19.4 Å². The number of carbonyl (C=O) groups is 3. The Morgan fingerprint density at radius 1 is 1.02 bits per heavy atom. The maximum atomic E-state index is 13.9. The highest BCUT2D eigenvalue weighted by molar-refractivity contribution is 7.95. The van der Waals surface area contributed by atoms with Crippen LogP contribution >= 0.6 is 0 Å². The number of nitrogens with zero attached hydrogens (tertiary/aromatic N) is 2. The molecule has 2 amide bonds. The van der Waals surface area contributed by atoms with Gasteiger partial charge in [0, 0.05) is 39.7 Å². The molecule has 0 saturated heterocycles. The summed E-state index contributed by atoms with van der Waals surface area (Å²) in [5, 5.41) is 11.1. The molecular formula is C30H25N3O6S. The minimum absolute atomic E-state index is 0.0181. The molecular weight excluding hydrogens is 530 g/mol. The number of benzene rings is 2. The van der Waals surface area contributed by atoms with Crippen LogP contribution in [0.25, 0.3) is 0 Å². The van der Waals surface area contributed by atoms with E-state index in [0.717, 1.165) is 5.56 Å². The fourth-order valence-corrected chi connectivity index (χ4v) is 6.03. The van der Waals surface area contributed by atoms with E-state index >= 15 is 0 Å². The lowest BCUT2D eigenvalue weighted by Crippen LogP contribution is -2.30. The zero-order valence-electron chi connectivity index (χ0n) is 21.7. The van der Waals surface area contributed by atoms with Crippen LogP contribution in [0.2, 0.25) is 0 Å². The average Bonchev–Trinajstić information content (AvgIpc) is 3.39. The number of furan rings is 1. The normalized spacial score (nSPS) is 12.8. The number of rotatable bonds is 7. The summed E-state index contributed by atoms with van der Waals surface area (Å²) in [6.07, 6.45) is 4.18. The molecule has 202 valence electrons. The summed E-state index contributed by atoms with van der Waals surface area (Å²) >= 11 is 0. The number of amides is 2. The van der Waals surface area contributed by atoms with Gasteiger partial charge in [-0.1, -0.05) is 43.0 Å². The van der Waals surface area contributed by atoms with Crippen LogP contribution < -0.4 is 5.32 Å². The second-order valence-electron chi connectivity index (χ2n) is 8.69. The van der Waals surface area contributed by atoms with Crippen molar-refractivity contribution in [2.24, 2.45) is 4.36 Å². The van der Waals surface area contributed by atoms with Gasteiger partial charge in [-0.25, -0.2) is 4.21 Å². The van der Waals surface area contributed by atoms with Crippen molar-refractivity contribution in [3.05, 3.63) is 113 Å². The van der Waals surface area contributed by atoms with Crippen molar-refractivity contribution in [1.29, 1.82) is 0 Å². The Balaban J connectivity index is 1.60. The number of hydrogen-bond donors (Lipinski definition) is 2. The highest BCUT2D eigenvalue weighted by atomic mass is 32.2. The molecule has 0 radical (unpaired) electrons. The third-order valence-electron chi connectivity index (χ3n) is 5.86. The lowest BCUT2D eigenvalue weighted by molar-refractivity contribution is -0.136. The second-order valence-corrected chi connectivity index (χ2v) is 11.1. The predicted molar refractivity (Wildman–Crippen MR) is 149 cm³/mol. The predicted octanol–water partition coefficient (Wildman–Crippen LogP) is 5.17. The number of carboxylic acids is 1. The summed E-state index contributed by atoms with van der Waals surface area (Å²) in [5.41, 5.74) is 2.24. The Kier molecular flexibility index (Phi) is 8.57. The van der Waals surface area contributed by atoms with Crippen molar-refractivity contribution >= 4 is 33.2 Å². The van der Waals surface area contributed by atoms with Gasteiger partial charge in [-0.2, -0.15) is 4.36 Å². The maximum absolute atomic E-state index is 13.9. The first-order chi connectivity index (χ1) is 19.2. The smallest absolute Gasteiger partial charge is 0.320 e. The summed E-state index contributed by atoms with van der Waals surface area (Å²) < 4.78 is 23.0. The Bertz CT molecular complexity index is 1760. The van der Waals surface area contributed by atoms with E-state index in [9.17, 15) is 23.7 Å². The summed E-state index contributed by atoms with van der Waals surface area (Å²) in [5.74, 6) is 3.56. The molecule has 2 N–H and O–H groups in total. The van der Waals surface area contributed by atoms with Crippen molar-refractivity contribution in [3.8, 4) is 11.8 Å². The lowest BCUT2D eigenvalue weighted by Gasteiger charge is -2.16. The highest BCUT2D eigenvalue weighted by Gasteiger charge is 2.32. The number of nitrogens with one attached hydrogen (secondary N) is 1. The van der Waals surface area contributed by atoms with Crippen LogP contribution in [0.4, 0.5) is 5.69 Å². The third kappa shape index (κ3) is 6.34. The standard InChI is InChI=1S/C30H25N3O6S/c1-3-26(30(36)37)40(38,25-10-5-4-6-11-25)33-28(34)23-16-22(18-31-19-23)13-12-21-8-7-9-24(17-21)32-29(35)27-20(2)14-15-39-27/h4-11,14-19,26H,3H2,1-2H3,(H,32,35)(H,36,37). The van der Waals surface area contributed by atoms with Gasteiger partial charge in [0.2, 0.25) is 0 Å². The fourth-order valence-electron chi connectivity index (χ4n) is 3.85. The Labute approximate surface area is 231 Å². The van der Waals surface area contributed by atoms with E-state index in [2.05, 4.69) is 26.5 Å². The van der Waals surface area contributed by atoms with E-state index in [4.69, 9.17) is 4.42 Å². The van der Waals surface area contributed by atoms with Gasteiger partial charge in [0.05, 0.1) is 21.6 Å². The van der Waals surface area contributed by atoms with Crippen molar-refractivity contribution in [1.82, 2.24) is 4.98 Å². The molecule has 2 aromatic carbocycles. The van der Waals surface area contributed by atoms with E-state index < -0.39 is 26.9 Å². The van der Waals surface area contributed by atoms with E-state index in [-0.39, 0.29) is 28.5 Å². The van der Waals surface area contributed by atoms with Gasteiger partial charge in [-0.05, 0) is 55.8 Å². The fraction of sp³-hybridized carbons (Fsp3) is 0.133. The van der Waals surface area contributed by atoms with Crippen LogP contribution in [0.3, 0.4) is 0 Å². The summed E-state index contributed by atoms with van der Waals surface area (Å²) in [7, 11) is -3.64. The van der Waals surface area contributed by atoms with Crippen molar-refractivity contribution in [2.75, 3.05) is 5.32 Å². The number of hydrogen-bond acceptors (Lipinski definition) is 6. The first-order valence-corrected chi connectivity index (χ1v) is 13.8. The molecule has 0 bridgehead atoms. The zero-order valence-corrected chi connectivity index (χ0v) is 22.5.